The van der Waals surface area contributed by atoms with Crippen LogP contribution >= 0.6 is 0 Å². The molecule has 1 aliphatic heterocycles. The van der Waals surface area contributed by atoms with Crippen molar-refractivity contribution in [2.45, 2.75) is 32.6 Å². The third-order valence-electron chi connectivity index (χ3n) is 6.09. The van der Waals surface area contributed by atoms with Gasteiger partial charge in [0.25, 0.3) is 5.56 Å². The number of benzene rings is 2. The second-order valence-electron chi connectivity index (χ2n) is 8.51. The molecule has 0 spiro atoms. The highest BCUT2D eigenvalue weighted by atomic mass is 19.4. The van der Waals surface area contributed by atoms with Gasteiger partial charge in [-0.2, -0.15) is 18.3 Å². The van der Waals surface area contributed by atoms with E-state index in [9.17, 15) is 18.0 Å². The van der Waals surface area contributed by atoms with Gasteiger partial charge in [-0.1, -0.05) is 42.0 Å². The Labute approximate surface area is 193 Å². The number of halogens is 3. The van der Waals surface area contributed by atoms with Crippen LogP contribution in [0.15, 0.2) is 59.5 Å². The molecule has 4 aromatic rings. The normalized spacial score (nSPS) is 14.2. The first-order valence-corrected chi connectivity index (χ1v) is 10.9. The van der Waals surface area contributed by atoms with Gasteiger partial charge < -0.3 is 4.98 Å². The Morgan fingerprint density at radius 3 is 2.44 bits per heavy atom. The molecular formula is C25H22F3N5O. The smallest absolute Gasteiger partial charge is 0.306 e. The van der Waals surface area contributed by atoms with Gasteiger partial charge >= 0.3 is 6.18 Å². The highest BCUT2D eigenvalue weighted by molar-refractivity contribution is 5.63. The summed E-state index contributed by atoms with van der Waals surface area (Å²) < 4.78 is 38.5. The number of nitrogens with zero attached hydrogens (tertiary/aromatic N) is 3. The number of alkyl halides is 3. The molecular weight excluding hydrogens is 443 g/mol. The molecule has 0 aliphatic carbocycles. The maximum Gasteiger partial charge on any atom is 0.416 e. The molecule has 0 saturated carbocycles. The molecule has 9 heteroatoms. The average Bonchev–Trinajstić information content (AvgIpc) is 3.27. The van der Waals surface area contributed by atoms with E-state index in [1.807, 2.05) is 6.92 Å². The van der Waals surface area contributed by atoms with Gasteiger partial charge in [-0.05, 0) is 24.6 Å². The van der Waals surface area contributed by atoms with Crippen LogP contribution in [-0.4, -0.2) is 31.6 Å². The topological polar surface area (TPSA) is 77.7 Å². The molecule has 0 amide bonds. The van der Waals surface area contributed by atoms with Crippen molar-refractivity contribution in [3.05, 3.63) is 93.0 Å². The maximum atomic E-state index is 12.8. The zero-order valence-electron chi connectivity index (χ0n) is 18.4. The average molecular weight is 465 g/mol. The molecule has 174 valence electrons. The largest absolute Gasteiger partial charge is 0.416 e. The van der Waals surface area contributed by atoms with Gasteiger partial charge in [0.2, 0.25) is 0 Å². The highest BCUT2D eigenvalue weighted by Gasteiger charge is 2.30. The van der Waals surface area contributed by atoms with E-state index in [-0.39, 0.29) is 11.4 Å². The molecule has 2 aromatic heterocycles. The van der Waals surface area contributed by atoms with Crippen molar-refractivity contribution in [2.75, 3.05) is 6.54 Å². The standard InChI is InChI=1S/C25H22F3N5O/c1-15-2-4-16(5-3-15)22-18(12-29-32-22)13-33-11-10-21-20(14-33)24(34)31-23(30-21)17-6-8-19(9-7-17)25(26,27)28/h2-9,12H,10-11,13-14H2,1H3,(H,29,32)(H,30,31,34). The molecule has 2 aromatic carbocycles. The van der Waals surface area contributed by atoms with Gasteiger partial charge in [0, 0.05) is 37.2 Å². The van der Waals surface area contributed by atoms with Crippen molar-refractivity contribution in [3.8, 4) is 22.6 Å². The van der Waals surface area contributed by atoms with Crippen molar-refractivity contribution in [1.29, 1.82) is 0 Å². The third-order valence-corrected chi connectivity index (χ3v) is 6.09. The number of nitrogens with one attached hydrogen (secondary N) is 2. The van der Waals surface area contributed by atoms with Gasteiger partial charge in [-0.3, -0.25) is 14.8 Å². The minimum atomic E-state index is -4.41. The summed E-state index contributed by atoms with van der Waals surface area (Å²) in [5, 5.41) is 7.29. The molecule has 0 radical (unpaired) electrons. The van der Waals surface area contributed by atoms with E-state index in [1.54, 1.807) is 6.20 Å². The summed E-state index contributed by atoms with van der Waals surface area (Å²) >= 11 is 0. The Morgan fingerprint density at radius 1 is 1.03 bits per heavy atom. The van der Waals surface area contributed by atoms with Crippen LogP contribution in [0.5, 0.6) is 0 Å². The first-order chi connectivity index (χ1) is 16.3. The van der Waals surface area contributed by atoms with E-state index in [0.717, 1.165) is 29.0 Å². The molecule has 1 aliphatic rings. The minimum absolute atomic E-state index is 0.268. The SMILES string of the molecule is Cc1ccc(-c2[nH]ncc2CN2CCc3nc(-c4ccc(C(F)(F)F)cc4)[nH]c(=O)c3C2)cc1. The summed E-state index contributed by atoms with van der Waals surface area (Å²) in [4.78, 5) is 22.3. The number of hydrogen-bond acceptors (Lipinski definition) is 4. The fourth-order valence-electron chi connectivity index (χ4n) is 4.21. The van der Waals surface area contributed by atoms with Crippen LogP contribution in [0.4, 0.5) is 13.2 Å². The monoisotopic (exact) mass is 465 g/mol. The minimum Gasteiger partial charge on any atom is -0.306 e. The second-order valence-corrected chi connectivity index (χ2v) is 8.51. The van der Waals surface area contributed by atoms with Gasteiger partial charge in [-0.25, -0.2) is 4.98 Å². The highest BCUT2D eigenvalue weighted by Crippen LogP contribution is 2.30. The number of aromatic amines is 2. The van der Waals surface area contributed by atoms with E-state index < -0.39 is 11.7 Å². The molecule has 2 N–H and O–H groups in total. The summed E-state index contributed by atoms with van der Waals surface area (Å²) in [5.74, 6) is 0.280. The van der Waals surface area contributed by atoms with Crippen LogP contribution in [0.1, 0.15) is 27.9 Å². The predicted octanol–water partition coefficient (Wildman–Crippen LogP) is 4.71. The lowest BCUT2D eigenvalue weighted by atomic mass is 10.0. The molecule has 0 bridgehead atoms. The Hall–Kier alpha value is -3.72. The van der Waals surface area contributed by atoms with E-state index in [4.69, 9.17) is 0 Å². The first-order valence-electron chi connectivity index (χ1n) is 10.9. The Bertz CT molecular complexity index is 1370. The molecule has 0 atom stereocenters. The van der Waals surface area contributed by atoms with Gasteiger partial charge in [0.05, 0.1) is 28.7 Å². The molecule has 5 rings (SSSR count). The van der Waals surface area contributed by atoms with Crippen molar-refractivity contribution in [1.82, 2.24) is 25.1 Å². The summed E-state index contributed by atoms with van der Waals surface area (Å²) in [5.41, 5.74) is 4.93. The lowest BCUT2D eigenvalue weighted by Gasteiger charge is -2.27. The summed E-state index contributed by atoms with van der Waals surface area (Å²) in [6.07, 6.45) is -2.03. The maximum absolute atomic E-state index is 12.8. The molecule has 0 fully saturated rings. The van der Waals surface area contributed by atoms with Crippen LogP contribution < -0.4 is 5.56 Å². The summed E-state index contributed by atoms with van der Waals surface area (Å²) in [7, 11) is 0. The van der Waals surface area contributed by atoms with E-state index in [2.05, 4.69) is 49.3 Å². The zero-order valence-corrected chi connectivity index (χ0v) is 18.4. The third kappa shape index (κ3) is 4.38. The van der Waals surface area contributed by atoms with Crippen LogP contribution in [0, 0.1) is 6.92 Å². The van der Waals surface area contributed by atoms with Crippen LogP contribution in [0.2, 0.25) is 0 Å². The summed E-state index contributed by atoms with van der Waals surface area (Å²) in [6.45, 7) is 3.80. The number of aryl methyl sites for hydroxylation is 1. The fraction of sp³-hybridized carbons (Fsp3) is 0.240. The molecule has 34 heavy (non-hydrogen) atoms. The molecule has 3 heterocycles. The fourth-order valence-corrected chi connectivity index (χ4v) is 4.21. The molecule has 0 saturated heterocycles. The molecule has 0 unspecified atom stereocenters. The molecule has 6 nitrogen and oxygen atoms in total. The summed E-state index contributed by atoms with van der Waals surface area (Å²) in [6, 6.07) is 12.8. The quantitative estimate of drug-likeness (QED) is 0.458. The van der Waals surface area contributed by atoms with Crippen LogP contribution in [0.3, 0.4) is 0 Å². The number of hydrogen-bond donors (Lipinski definition) is 2. The zero-order chi connectivity index (χ0) is 23.9. The van der Waals surface area contributed by atoms with E-state index >= 15 is 0 Å². The first kappa shape index (κ1) is 22.1. The number of rotatable bonds is 4. The predicted molar refractivity (Wildman–Crippen MR) is 122 cm³/mol. The van der Waals surface area contributed by atoms with Gasteiger partial charge in [-0.15, -0.1) is 0 Å². The van der Waals surface area contributed by atoms with Crippen molar-refractivity contribution < 1.29 is 13.2 Å². The number of aromatic nitrogens is 4. The van der Waals surface area contributed by atoms with E-state index in [1.165, 1.54) is 17.7 Å². The lowest BCUT2D eigenvalue weighted by molar-refractivity contribution is -0.137. The van der Waals surface area contributed by atoms with E-state index in [0.29, 0.717) is 42.9 Å². The Kier molecular flexibility index (Phi) is 5.57. The Balaban J connectivity index is 1.35. The van der Waals surface area contributed by atoms with Crippen molar-refractivity contribution in [2.24, 2.45) is 0 Å². The number of fused-ring (bicyclic) bond motifs is 1. The lowest BCUT2D eigenvalue weighted by Crippen LogP contribution is -2.35. The second kappa shape index (κ2) is 8.57. The van der Waals surface area contributed by atoms with Crippen molar-refractivity contribution in [3.63, 3.8) is 0 Å². The van der Waals surface area contributed by atoms with Gasteiger partial charge in [0.1, 0.15) is 5.82 Å². The number of H-pyrrole nitrogens is 2. The van der Waals surface area contributed by atoms with Crippen LogP contribution in [0.25, 0.3) is 22.6 Å². The van der Waals surface area contributed by atoms with Gasteiger partial charge in [0.15, 0.2) is 0 Å². The van der Waals surface area contributed by atoms with Crippen molar-refractivity contribution >= 4 is 0 Å². The Morgan fingerprint density at radius 2 is 1.74 bits per heavy atom. The van der Waals surface area contributed by atoms with Crippen LogP contribution in [-0.2, 0) is 25.7 Å².